The molecule has 2 bridgehead atoms. The van der Waals surface area contributed by atoms with Gasteiger partial charge in [0.25, 0.3) is 0 Å². The first-order chi connectivity index (χ1) is 11.9. The summed E-state index contributed by atoms with van der Waals surface area (Å²) in [6, 6.07) is 0.413. The number of nitrogens with one attached hydrogen (secondary N) is 3. The Labute approximate surface area is 155 Å². The maximum absolute atomic E-state index is 12.3. The molecule has 1 aliphatic heterocycles. The molecule has 0 unspecified atom stereocenters. The van der Waals surface area contributed by atoms with Gasteiger partial charge in [0, 0.05) is 19.1 Å². The number of fused-ring (bicyclic) bond motifs is 2. The SMILES string of the molecule is CCS(=O)(=O)N1CCC[C@H](C(=O)NNC(=S)N[C@H]2C[C@H]3CC[C@H]2C3)C1. The van der Waals surface area contributed by atoms with E-state index >= 15 is 0 Å². The summed E-state index contributed by atoms with van der Waals surface area (Å²) >= 11 is 5.28. The first-order valence-corrected chi connectivity index (χ1v) is 11.2. The summed E-state index contributed by atoms with van der Waals surface area (Å²) < 4.78 is 25.4. The molecule has 0 spiro atoms. The number of hydrogen-bond acceptors (Lipinski definition) is 4. The zero-order chi connectivity index (χ0) is 18.0. The Morgan fingerprint density at radius 2 is 2.00 bits per heavy atom. The molecule has 4 atom stereocenters. The molecule has 1 saturated heterocycles. The van der Waals surface area contributed by atoms with Crippen LogP contribution in [-0.4, -0.2) is 48.6 Å². The molecule has 9 heteroatoms. The third-order valence-corrected chi connectivity index (χ3v) is 7.93. The van der Waals surface area contributed by atoms with Gasteiger partial charge in [-0.1, -0.05) is 6.42 Å². The highest BCUT2D eigenvalue weighted by Gasteiger charge is 2.39. The van der Waals surface area contributed by atoms with Crippen molar-refractivity contribution in [2.24, 2.45) is 17.8 Å². The van der Waals surface area contributed by atoms with Gasteiger partial charge >= 0.3 is 0 Å². The van der Waals surface area contributed by atoms with Gasteiger partial charge in [-0.05, 0) is 63.1 Å². The smallest absolute Gasteiger partial charge is 0.242 e. The van der Waals surface area contributed by atoms with Crippen LogP contribution in [0.3, 0.4) is 0 Å². The number of carbonyl (C=O) groups is 1. The number of thiocarbonyl (C=S) groups is 1. The molecular weight excluding hydrogens is 360 g/mol. The second-order valence-electron chi connectivity index (χ2n) is 7.47. The fourth-order valence-corrected chi connectivity index (χ4v) is 5.82. The molecule has 3 fully saturated rings. The van der Waals surface area contributed by atoms with Crippen LogP contribution in [0, 0.1) is 17.8 Å². The fourth-order valence-electron chi connectivity index (χ4n) is 4.44. The van der Waals surface area contributed by atoms with Crippen molar-refractivity contribution in [1.29, 1.82) is 0 Å². The molecule has 0 radical (unpaired) electrons. The molecule has 7 nitrogen and oxygen atoms in total. The Balaban J connectivity index is 1.43. The fraction of sp³-hybridized carbons (Fsp3) is 0.875. The molecule has 2 saturated carbocycles. The third-order valence-electron chi connectivity index (χ3n) is 5.87. The lowest BCUT2D eigenvalue weighted by Crippen LogP contribution is -2.54. The predicted octanol–water partition coefficient (Wildman–Crippen LogP) is 0.732. The van der Waals surface area contributed by atoms with Gasteiger partial charge in [-0.25, -0.2) is 12.7 Å². The molecule has 3 N–H and O–H groups in total. The maximum atomic E-state index is 12.3. The summed E-state index contributed by atoms with van der Waals surface area (Å²) in [7, 11) is -3.24. The summed E-state index contributed by atoms with van der Waals surface area (Å²) in [5.41, 5.74) is 5.43. The second-order valence-corrected chi connectivity index (χ2v) is 10.1. The van der Waals surface area contributed by atoms with Crippen LogP contribution >= 0.6 is 12.2 Å². The molecule has 3 rings (SSSR count). The molecule has 1 heterocycles. The molecule has 1 amide bonds. The zero-order valence-corrected chi connectivity index (χ0v) is 16.3. The number of hydrogen-bond donors (Lipinski definition) is 3. The highest BCUT2D eigenvalue weighted by molar-refractivity contribution is 7.89. The minimum Gasteiger partial charge on any atom is -0.358 e. The lowest BCUT2D eigenvalue weighted by Gasteiger charge is -2.31. The van der Waals surface area contributed by atoms with Crippen LogP contribution in [0.1, 0.15) is 45.4 Å². The van der Waals surface area contributed by atoms with Crippen molar-refractivity contribution in [3.63, 3.8) is 0 Å². The molecule has 3 aliphatic rings. The number of sulfonamides is 1. The highest BCUT2D eigenvalue weighted by Crippen LogP contribution is 2.44. The number of piperidine rings is 1. The number of amides is 1. The van der Waals surface area contributed by atoms with E-state index in [1.54, 1.807) is 6.92 Å². The first-order valence-electron chi connectivity index (χ1n) is 9.23. The van der Waals surface area contributed by atoms with Gasteiger partial charge in [0.15, 0.2) is 5.11 Å². The molecule has 0 aromatic rings. The summed E-state index contributed by atoms with van der Waals surface area (Å²) in [6.45, 7) is 2.37. The van der Waals surface area contributed by atoms with Crippen LogP contribution in [0.2, 0.25) is 0 Å². The number of carbonyl (C=O) groups excluding carboxylic acids is 1. The normalized spacial score (nSPS) is 32.4. The van der Waals surface area contributed by atoms with Crippen LogP contribution < -0.4 is 16.2 Å². The van der Waals surface area contributed by atoms with Crippen molar-refractivity contribution in [1.82, 2.24) is 20.5 Å². The molecular formula is C16H28N4O3S2. The lowest BCUT2D eigenvalue weighted by atomic mass is 9.96. The summed E-state index contributed by atoms with van der Waals surface area (Å²) in [6.07, 6.45) is 6.43. The van der Waals surface area contributed by atoms with Gasteiger partial charge in [0.05, 0.1) is 11.7 Å². The van der Waals surface area contributed by atoms with E-state index in [0.717, 1.165) is 12.3 Å². The van der Waals surface area contributed by atoms with Gasteiger partial charge in [0.2, 0.25) is 15.9 Å². The van der Waals surface area contributed by atoms with Gasteiger partial charge in [-0.3, -0.25) is 15.6 Å². The van der Waals surface area contributed by atoms with Gasteiger partial charge in [-0.2, -0.15) is 0 Å². The molecule has 25 heavy (non-hydrogen) atoms. The standard InChI is InChI=1S/C16H28N4O3S2/c1-2-25(22,23)20-7-3-4-13(10-20)15(21)18-19-16(24)17-14-9-11-5-6-12(14)8-11/h11-14H,2-10H2,1H3,(H,18,21)(H2,17,19,24)/t11-,12-,13-,14-/m0/s1. The maximum Gasteiger partial charge on any atom is 0.242 e. The predicted molar refractivity (Wildman–Crippen MR) is 100 cm³/mol. The Hall–Kier alpha value is -0.930. The van der Waals surface area contributed by atoms with Crippen molar-refractivity contribution in [2.45, 2.75) is 51.5 Å². The van der Waals surface area contributed by atoms with E-state index in [0.29, 0.717) is 36.5 Å². The molecule has 0 aromatic heterocycles. The van der Waals surface area contributed by atoms with Crippen LogP contribution in [0.5, 0.6) is 0 Å². The van der Waals surface area contributed by atoms with Crippen molar-refractivity contribution in [3.05, 3.63) is 0 Å². The Bertz CT molecular complexity index is 625. The minimum atomic E-state index is -3.24. The van der Waals surface area contributed by atoms with Gasteiger partial charge in [-0.15, -0.1) is 0 Å². The average Bonchev–Trinajstić information content (AvgIpc) is 3.22. The Morgan fingerprint density at radius 3 is 2.64 bits per heavy atom. The van der Waals surface area contributed by atoms with Crippen LogP contribution in [0.4, 0.5) is 0 Å². The Kier molecular flexibility index (Phi) is 5.85. The van der Waals surface area contributed by atoms with Crippen LogP contribution in [0.15, 0.2) is 0 Å². The quantitative estimate of drug-likeness (QED) is 0.486. The molecule has 0 aromatic carbocycles. The van der Waals surface area contributed by atoms with Crippen molar-refractivity contribution in [3.8, 4) is 0 Å². The lowest BCUT2D eigenvalue weighted by molar-refractivity contribution is -0.126. The van der Waals surface area contributed by atoms with Crippen molar-refractivity contribution < 1.29 is 13.2 Å². The largest absolute Gasteiger partial charge is 0.358 e. The average molecular weight is 389 g/mol. The summed E-state index contributed by atoms with van der Waals surface area (Å²) in [5.74, 6) is 1.05. The highest BCUT2D eigenvalue weighted by atomic mass is 32.2. The second kappa shape index (κ2) is 7.75. The van der Waals surface area contributed by atoms with E-state index in [2.05, 4.69) is 16.2 Å². The number of rotatable bonds is 4. The number of hydrazine groups is 1. The van der Waals surface area contributed by atoms with E-state index < -0.39 is 10.0 Å². The van der Waals surface area contributed by atoms with E-state index in [1.165, 1.54) is 23.6 Å². The van der Waals surface area contributed by atoms with E-state index in [1.807, 2.05) is 0 Å². The monoisotopic (exact) mass is 388 g/mol. The topological polar surface area (TPSA) is 90.5 Å². The van der Waals surface area contributed by atoms with Crippen molar-refractivity contribution in [2.75, 3.05) is 18.8 Å². The van der Waals surface area contributed by atoms with E-state index in [9.17, 15) is 13.2 Å². The molecule has 142 valence electrons. The first kappa shape index (κ1) is 18.8. The minimum absolute atomic E-state index is 0.0666. The Morgan fingerprint density at radius 1 is 1.20 bits per heavy atom. The molecule has 2 aliphatic carbocycles. The van der Waals surface area contributed by atoms with E-state index in [4.69, 9.17) is 12.2 Å². The number of nitrogens with zero attached hydrogens (tertiary/aromatic N) is 1. The van der Waals surface area contributed by atoms with Crippen LogP contribution in [-0.2, 0) is 14.8 Å². The van der Waals surface area contributed by atoms with Crippen molar-refractivity contribution >= 4 is 33.3 Å². The third kappa shape index (κ3) is 4.43. The summed E-state index contributed by atoms with van der Waals surface area (Å²) in [5, 5.41) is 3.75. The van der Waals surface area contributed by atoms with E-state index in [-0.39, 0.29) is 24.1 Å². The van der Waals surface area contributed by atoms with Crippen LogP contribution in [0.25, 0.3) is 0 Å². The zero-order valence-electron chi connectivity index (χ0n) is 14.7. The summed E-state index contributed by atoms with van der Waals surface area (Å²) in [4.78, 5) is 12.3. The van der Waals surface area contributed by atoms with Gasteiger partial charge < -0.3 is 5.32 Å². The van der Waals surface area contributed by atoms with Gasteiger partial charge in [0.1, 0.15) is 0 Å².